The van der Waals surface area contributed by atoms with E-state index in [1.54, 1.807) is 0 Å². The molecule has 10 heteroatoms. The van der Waals surface area contributed by atoms with Gasteiger partial charge in [0.05, 0.1) is 8.16 Å². The van der Waals surface area contributed by atoms with Crippen LogP contribution in [0.3, 0.4) is 0 Å². The Hall–Kier alpha value is 0.920. The number of rotatable bonds is 2. The molecule has 0 aromatic heterocycles. The van der Waals surface area contributed by atoms with E-state index in [1.807, 2.05) is 9.80 Å². The van der Waals surface area contributed by atoms with E-state index >= 15 is 0 Å². The second-order valence-corrected chi connectivity index (χ2v) is 15.0. The summed E-state index contributed by atoms with van der Waals surface area (Å²) in [5.74, 6) is 5.29. The predicted octanol–water partition coefficient (Wildman–Crippen LogP) is 4.05. The first kappa shape index (κ1) is 23.1. The first-order valence-corrected chi connectivity index (χ1v) is 15.2. The lowest BCUT2D eigenvalue weighted by atomic mass is 9.98. The van der Waals surface area contributed by atoms with Gasteiger partial charge < -0.3 is 9.80 Å². The zero-order valence-electron chi connectivity index (χ0n) is 16.5. The molecule has 0 saturated carbocycles. The van der Waals surface area contributed by atoms with E-state index in [0.717, 1.165) is 51.9 Å². The van der Waals surface area contributed by atoms with Crippen molar-refractivity contribution in [3.63, 3.8) is 0 Å². The van der Waals surface area contributed by atoms with Gasteiger partial charge in [-0.25, -0.2) is 0 Å². The largest absolute Gasteiger partial charge is 0.342 e. The summed E-state index contributed by atoms with van der Waals surface area (Å²) in [6.45, 7) is 3.40. The topological polar surface area (TPSA) is 40.6 Å². The third kappa shape index (κ3) is 4.97. The zero-order valence-corrected chi connectivity index (χ0v) is 21.3. The van der Waals surface area contributed by atoms with Crippen LogP contribution < -0.4 is 0 Å². The Morgan fingerprint density at radius 3 is 1.24 bits per heavy atom. The highest BCUT2D eigenvalue weighted by Gasteiger charge is 2.50. The number of carbonyl (C=O) groups excluding carboxylic acids is 2. The third-order valence-electron chi connectivity index (χ3n) is 6.55. The minimum Gasteiger partial charge on any atom is -0.342 e. The fourth-order valence-corrected chi connectivity index (χ4v) is 12.3. The Morgan fingerprint density at radius 2 is 0.966 bits per heavy atom. The van der Waals surface area contributed by atoms with Gasteiger partial charge >= 0.3 is 0 Å². The second kappa shape index (κ2) is 9.42. The Morgan fingerprint density at radius 1 is 0.655 bits per heavy atom. The molecule has 0 unspecified atom stereocenters. The average molecular weight is 516 g/mol. The molecule has 0 aromatic carbocycles. The maximum absolute atomic E-state index is 11.8. The summed E-state index contributed by atoms with van der Waals surface area (Å²) in [5.41, 5.74) is 0.424. The summed E-state index contributed by atoms with van der Waals surface area (Å²) in [7, 11) is 0. The predicted molar refractivity (Wildman–Crippen MR) is 131 cm³/mol. The zero-order chi connectivity index (χ0) is 20.5. The number of hydrogen-bond acceptors (Lipinski definition) is 6. The molecule has 4 aliphatic rings. The van der Waals surface area contributed by atoms with Crippen molar-refractivity contribution in [3.05, 3.63) is 0 Å². The highest BCUT2D eigenvalue weighted by Crippen LogP contribution is 2.60. The van der Waals surface area contributed by atoms with E-state index in [1.165, 1.54) is 23.0 Å². The quantitative estimate of drug-likeness (QED) is 0.517. The van der Waals surface area contributed by atoms with E-state index in [9.17, 15) is 9.59 Å². The molecule has 4 saturated heterocycles. The SMILES string of the molecule is O=C(CCl)N1CCC2(CC1)SCC1(CS2)CSC2(CCN(C(=O)CCl)CC2)SC1. The molecule has 0 N–H and O–H groups in total. The van der Waals surface area contributed by atoms with Crippen LogP contribution in [-0.2, 0) is 9.59 Å². The molecule has 0 atom stereocenters. The molecule has 4 aliphatic heterocycles. The van der Waals surface area contributed by atoms with Crippen molar-refractivity contribution in [2.24, 2.45) is 5.41 Å². The first-order valence-electron chi connectivity index (χ1n) is 10.2. The van der Waals surface area contributed by atoms with Crippen molar-refractivity contribution >= 4 is 82.1 Å². The normalized spacial score (nSPS) is 28.1. The van der Waals surface area contributed by atoms with Crippen LogP contribution in [0.1, 0.15) is 25.7 Å². The molecular weight excluding hydrogens is 487 g/mol. The minimum absolute atomic E-state index is 0.0768. The lowest BCUT2D eigenvalue weighted by Crippen LogP contribution is -2.52. The van der Waals surface area contributed by atoms with Gasteiger partial charge in [-0.05, 0) is 25.7 Å². The molecule has 0 aliphatic carbocycles. The summed E-state index contributed by atoms with van der Waals surface area (Å²) >= 11 is 20.1. The highest BCUT2D eigenvalue weighted by atomic mass is 35.5. The first-order chi connectivity index (χ1) is 13.9. The maximum atomic E-state index is 11.8. The molecule has 164 valence electrons. The van der Waals surface area contributed by atoms with Gasteiger partial charge in [0.1, 0.15) is 11.8 Å². The number of halogens is 2. The van der Waals surface area contributed by atoms with Crippen LogP contribution in [0.15, 0.2) is 0 Å². The van der Waals surface area contributed by atoms with Crippen molar-refractivity contribution in [1.29, 1.82) is 0 Å². The van der Waals surface area contributed by atoms with Crippen molar-refractivity contribution in [2.75, 3.05) is 61.0 Å². The number of nitrogens with zero attached hydrogens (tertiary/aromatic N) is 2. The van der Waals surface area contributed by atoms with Crippen LogP contribution in [0.4, 0.5) is 0 Å². The third-order valence-corrected chi connectivity index (χ3v) is 15.2. The molecular formula is C19H28Cl2N2O2S4. The Labute approximate surface area is 200 Å². The van der Waals surface area contributed by atoms with Crippen LogP contribution in [-0.4, -0.2) is 90.7 Å². The Kier molecular flexibility index (Phi) is 7.50. The van der Waals surface area contributed by atoms with Gasteiger partial charge in [-0.2, -0.15) is 0 Å². The van der Waals surface area contributed by atoms with E-state index in [-0.39, 0.29) is 23.6 Å². The Balaban J connectivity index is 1.26. The van der Waals surface area contributed by atoms with Crippen molar-refractivity contribution in [1.82, 2.24) is 9.80 Å². The Bertz CT molecular complexity index is 560. The number of carbonyl (C=O) groups is 2. The van der Waals surface area contributed by atoms with Gasteiger partial charge in [0.25, 0.3) is 0 Å². The number of amides is 2. The minimum atomic E-state index is 0.0768. The summed E-state index contributed by atoms with van der Waals surface area (Å²) in [4.78, 5) is 27.6. The molecule has 2 amide bonds. The maximum Gasteiger partial charge on any atom is 0.237 e. The van der Waals surface area contributed by atoms with E-state index in [0.29, 0.717) is 13.6 Å². The molecule has 4 fully saturated rings. The number of hydrogen-bond donors (Lipinski definition) is 0. The average Bonchev–Trinajstić information content (AvgIpc) is 2.78. The highest BCUT2D eigenvalue weighted by molar-refractivity contribution is 8.20. The van der Waals surface area contributed by atoms with Crippen LogP contribution in [0.2, 0.25) is 0 Å². The molecule has 4 nitrogen and oxygen atoms in total. The van der Waals surface area contributed by atoms with E-state index < -0.39 is 0 Å². The standard InChI is InChI=1S/C19H28Cl2N2O2S4/c20-9-15(24)22-5-1-18(2-6-22)26-11-17(12-27-18)13-28-19(29-14-17)3-7-23(8-4-19)16(25)10-21/h1-14H2. The summed E-state index contributed by atoms with van der Waals surface area (Å²) < 4.78 is 0.595. The van der Waals surface area contributed by atoms with Crippen molar-refractivity contribution in [3.8, 4) is 0 Å². The lowest BCUT2D eigenvalue weighted by molar-refractivity contribution is -0.130. The number of likely N-dealkylation sites (tertiary alicyclic amines) is 2. The number of thioether (sulfide) groups is 4. The number of piperidine rings is 2. The summed E-state index contributed by atoms with van der Waals surface area (Å²) in [6.07, 6.45) is 4.32. The molecule has 4 heterocycles. The van der Waals surface area contributed by atoms with Crippen molar-refractivity contribution in [2.45, 2.75) is 33.8 Å². The molecule has 0 aromatic rings. The summed E-state index contributed by atoms with van der Waals surface area (Å²) in [6, 6.07) is 0. The molecule has 0 bridgehead atoms. The van der Waals surface area contributed by atoms with Gasteiger partial charge in [-0.3, -0.25) is 9.59 Å². The fraction of sp³-hybridized carbons (Fsp3) is 0.895. The van der Waals surface area contributed by atoms with Crippen LogP contribution in [0, 0.1) is 5.41 Å². The lowest BCUT2D eigenvalue weighted by Gasteiger charge is -2.53. The smallest absolute Gasteiger partial charge is 0.237 e. The molecule has 0 radical (unpaired) electrons. The van der Waals surface area contributed by atoms with Gasteiger partial charge in [-0.15, -0.1) is 70.2 Å². The summed E-state index contributed by atoms with van der Waals surface area (Å²) in [5, 5.41) is 0. The van der Waals surface area contributed by atoms with Crippen molar-refractivity contribution < 1.29 is 9.59 Å². The van der Waals surface area contributed by atoms with Gasteiger partial charge in [0.15, 0.2) is 0 Å². The van der Waals surface area contributed by atoms with E-state index in [2.05, 4.69) is 47.0 Å². The monoisotopic (exact) mass is 514 g/mol. The molecule has 3 spiro atoms. The van der Waals surface area contributed by atoms with Crippen LogP contribution in [0.5, 0.6) is 0 Å². The second-order valence-electron chi connectivity index (χ2n) is 8.50. The van der Waals surface area contributed by atoms with Gasteiger partial charge in [0.2, 0.25) is 11.8 Å². The van der Waals surface area contributed by atoms with E-state index in [4.69, 9.17) is 23.2 Å². The van der Waals surface area contributed by atoms with Crippen LogP contribution in [0.25, 0.3) is 0 Å². The molecule has 4 rings (SSSR count). The van der Waals surface area contributed by atoms with Gasteiger partial charge in [0, 0.05) is 54.6 Å². The number of alkyl halides is 2. The van der Waals surface area contributed by atoms with Gasteiger partial charge in [-0.1, -0.05) is 0 Å². The molecule has 29 heavy (non-hydrogen) atoms. The van der Waals surface area contributed by atoms with Crippen LogP contribution >= 0.6 is 70.2 Å². The fourth-order valence-electron chi connectivity index (χ4n) is 4.41.